The van der Waals surface area contributed by atoms with Crippen LogP contribution < -0.4 is 5.56 Å². The van der Waals surface area contributed by atoms with E-state index in [1.54, 1.807) is 10.8 Å². The van der Waals surface area contributed by atoms with Crippen molar-refractivity contribution in [2.24, 2.45) is 5.92 Å². The molecule has 164 valence electrons. The van der Waals surface area contributed by atoms with Crippen LogP contribution in [0.2, 0.25) is 5.02 Å². The minimum absolute atomic E-state index is 0. The molecule has 4 aromatic rings. The lowest BCUT2D eigenvalue weighted by Crippen LogP contribution is -2.20. The van der Waals surface area contributed by atoms with Gasteiger partial charge in [0.05, 0.1) is 0 Å². The number of benzene rings is 2. The van der Waals surface area contributed by atoms with Gasteiger partial charge in [-0.3, -0.25) is 14.2 Å². The highest BCUT2D eigenvalue weighted by Crippen LogP contribution is 2.32. The molecule has 5 rings (SSSR count). The van der Waals surface area contributed by atoms with Gasteiger partial charge in [0, 0.05) is 45.2 Å². The summed E-state index contributed by atoms with van der Waals surface area (Å²) in [5, 5.41) is 1.61. The van der Waals surface area contributed by atoms with Gasteiger partial charge in [-0.05, 0) is 74.1 Å². The summed E-state index contributed by atoms with van der Waals surface area (Å²) in [5.74, 6) is 0.247. The average molecular weight is 485 g/mol. The fourth-order valence-electron chi connectivity index (χ4n) is 4.16. The van der Waals surface area contributed by atoms with E-state index in [4.69, 9.17) is 11.6 Å². The summed E-state index contributed by atoms with van der Waals surface area (Å²) in [7, 11) is 2.04. The number of hydrogen-bond donors (Lipinski definition) is 0. The number of hydrogen-bond acceptors (Lipinski definition) is 4. The smallest absolute Gasteiger partial charge is 0.273 e. The van der Waals surface area contributed by atoms with Gasteiger partial charge >= 0.3 is 0 Å². The molecule has 2 aromatic carbocycles. The molecule has 32 heavy (non-hydrogen) atoms. The number of thiophene rings is 1. The zero-order valence-electron chi connectivity index (χ0n) is 17.5. The Morgan fingerprint density at radius 3 is 2.44 bits per heavy atom. The van der Waals surface area contributed by atoms with Gasteiger partial charge in [0.1, 0.15) is 4.70 Å². The molecule has 0 radical (unpaired) electrons. The van der Waals surface area contributed by atoms with Crippen molar-refractivity contribution >= 4 is 51.2 Å². The molecule has 1 aliphatic heterocycles. The Morgan fingerprint density at radius 1 is 1.06 bits per heavy atom. The van der Waals surface area contributed by atoms with Crippen molar-refractivity contribution in [1.29, 1.82) is 0 Å². The first-order chi connectivity index (χ1) is 15.0. The highest BCUT2D eigenvalue weighted by atomic mass is 35.5. The molecule has 0 N–H and O–H groups in total. The molecule has 1 saturated heterocycles. The van der Waals surface area contributed by atoms with Gasteiger partial charge in [0.15, 0.2) is 5.78 Å². The van der Waals surface area contributed by atoms with E-state index in [1.165, 1.54) is 11.3 Å². The van der Waals surface area contributed by atoms with Crippen LogP contribution >= 0.6 is 35.3 Å². The second kappa shape index (κ2) is 9.20. The third-order valence-electron chi connectivity index (χ3n) is 5.90. The zero-order valence-corrected chi connectivity index (χ0v) is 19.8. The van der Waals surface area contributed by atoms with Gasteiger partial charge in [-0.15, -0.1) is 23.7 Å². The Balaban J connectivity index is 0.00000245. The molecule has 0 aliphatic carbocycles. The molecule has 0 spiro atoms. The second-order valence-electron chi connectivity index (χ2n) is 8.05. The van der Waals surface area contributed by atoms with Crippen molar-refractivity contribution in [2.75, 3.05) is 20.1 Å². The monoisotopic (exact) mass is 484 g/mol. The van der Waals surface area contributed by atoms with Crippen LogP contribution in [-0.2, 0) is 0 Å². The Hall–Kier alpha value is -2.44. The van der Waals surface area contributed by atoms with E-state index in [-0.39, 0.29) is 29.7 Å². The lowest BCUT2D eigenvalue weighted by Gasteiger charge is -2.11. The topological polar surface area (TPSA) is 42.3 Å². The van der Waals surface area contributed by atoms with E-state index < -0.39 is 0 Å². The number of fused-ring (bicyclic) bond motifs is 1. The Labute approximate surface area is 201 Å². The number of pyridine rings is 1. The van der Waals surface area contributed by atoms with E-state index in [9.17, 15) is 9.59 Å². The van der Waals surface area contributed by atoms with Gasteiger partial charge < -0.3 is 4.90 Å². The normalized spacial score (nSPS) is 16.2. The third-order valence-corrected chi connectivity index (χ3v) is 7.34. The molecule has 0 amide bonds. The minimum atomic E-state index is -0.0563. The fraction of sp³-hybridized carbons (Fsp3) is 0.200. The highest BCUT2D eigenvalue weighted by Gasteiger charge is 2.26. The van der Waals surface area contributed by atoms with Crippen LogP contribution in [0.3, 0.4) is 0 Å². The lowest BCUT2D eigenvalue weighted by atomic mass is 9.97. The summed E-state index contributed by atoms with van der Waals surface area (Å²) in [4.78, 5) is 29.1. The summed E-state index contributed by atoms with van der Waals surface area (Å²) >= 11 is 7.47. The number of Topliss-reactive ketones (excluding diaryl/α,β-unsaturated/α-hetero) is 1. The molecule has 7 heteroatoms. The van der Waals surface area contributed by atoms with Crippen LogP contribution in [0.5, 0.6) is 0 Å². The van der Waals surface area contributed by atoms with Crippen molar-refractivity contribution in [3.05, 3.63) is 87.8 Å². The zero-order chi connectivity index (χ0) is 21.5. The van der Waals surface area contributed by atoms with Gasteiger partial charge in [0.2, 0.25) is 0 Å². The fourth-order valence-corrected chi connectivity index (χ4v) is 5.37. The number of halogens is 2. The summed E-state index contributed by atoms with van der Waals surface area (Å²) in [5.41, 5.74) is 2.45. The van der Waals surface area contributed by atoms with Gasteiger partial charge in [0.25, 0.3) is 5.56 Å². The molecule has 1 atom stereocenters. The largest absolute Gasteiger partial charge is 0.306 e. The number of carbonyl (C=O) groups is 1. The first kappa shape index (κ1) is 22.7. The highest BCUT2D eigenvalue weighted by molar-refractivity contribution is 7.22. The predicted octanol–water partition coefficient (Wildman–Crippen LogP) is 5.93. The van der Waals surface area contributed by atoms with Crippen LogP contribution in [0.25, 0.3) is 26.2 Å². The van der Waals surface area contributed by atoms with E-state index in [0.717, 1.165) is 41.0 Å². The third kappa shape index (κ3) is 4.26. The Morgan fingerprint density at radius 2 is 1.78 bits per heavy atom. The summed E-state index contributed by atoms with van der Waals surface area (Å²) < 4.78 is 2.35. The Bertz CT molecular complexity index is 1330. The summed E-state index contributed by atoms with van der Waals surface area (Å²) in [6.07, 6.45) is 2.70. The van der Waals surface area contributed by atoms with Crippen molar-refractivity contribution in [3.63, 3.8) is 0 Å². The lowest BCUT2D eigenvalue weighted by molar-refractivity contribution is 0.0924. The number of carbonyl (C=O) groups excluding carboxylic acids is 1. The average Bonchev–Trinajstić information content (AvgIpc) is 3.41. The first-order valence-electron chi connectivity index (χ1n) is 10.2. The molecule has 4 nitrogen and oxygen atoms in total. The summed E-state index contributed by atoms with van der Waals surface area (Å²) in [6.45, 7) is 1.77. The van der Waals surface area contributed by atoms with Crippen molar-refractivity contribution in [1.82, 2.24) is 9.47 Å². The molecular formula is C25H22Cl2N2O2S. The predicted molar refractivity (Wildman–Crippen MR) is 135 cm³/mol. The van der Waals surface area contributed by atoms with Crippen LogP contribution in [0.1, 0.15) is 16.8 Å². The molecule has 1 unspecified atom stereocenters. The van der Waals surface area contributed by atoms with Crippen LogP contribution in [0.4, 0.5) is 0 Å². The minimum Gasteiger partial charge on any atom is -0.306 e. The van der Waals surface area contributed by atoms with Crippen LogP contribution in [-0.4, -0.2) is 35.4 Å². The molecule has 3 heterocycles. The quantitative estimate of drug-likeness (QED) is 0.337. The maximum atomic E-state index is 13.2. The van der Waals surface area contributed by atoms with Gasteiger partial charge in [-0.1, -0.05) is 23.7 Å². The molecule has 0 bridgehead atoms. The SMILES string of the molecule is CN1CCC(C(=O)c2ccc(-n3ccc4cc(-c5ccc(Cl)cc5)sc4c3=O)cc2)C1.Cl. The molecule has 2 aromatic heterocycles. The summed E-state index contributed by atoms with van der Waals surface area (Å²) in [6, 6.07) is 19.0. The van der Waals surface area contributed by atoms with Crippen molar-refractivity contribution in [2.45, 2.75) is 6.42 Å². The number of aromatic nitrogens is 1. The van der Waals surface area contributed by atoms with Crippen LogP contribution in [0.15, 0.2) is 71.7 Å². The maximum Gasteiger partial charge on any atom is 0.273 e. The number of nitrogens with zero attached hydrogens (tertiary/aromatic N) is 2. The second-order valence-corrected chi connectivity index (χ2v) is 9.54. The van der Waals surface area contributed by atoms with E-state index in [2.05, 4.69) is 4.90 Å². The number of likely N-dealkylation sites (tertiary alicyclic amines) is 1. The van der Waals surface area contributed by atoms with E-state index >= 15 is 0 Å². The molecule has 1 fully saturated rings. The number of ketones is 1. The van der Waals surface area contributed by atoms with E-state index in [0.29, 0.717) is 15.3 Å². The first-order valence-corrected chi connectivity index (χ1v) is 11.4. The standard InChI is InChI=1S/C25H21ClN2O2S.ClH/c1-27-12-10-19(15-27)23(29)17-4-8-21(9-5-17)28-13-11-18-14-22(31-24(18)25(28)30)16-2-6-20(26)7-3-16;/h2-9,11,13-14,19H,10,12,15H2,1H3;1H. The van der Waals surface area contributed by atoms with E-state index in [1.807, 2.05) is 67.7 Å². The number of rotatable bonds is 4. The van der Waals surface area contributed by atoms with Crippen LogP contribution in [0, 0.1) is 5.92 Å². The van der Waals surface area contributed by atoms with Crippen molar-refractivity contribution < 1.29 is 4.79 Å². The molecular weight excluding hydrogens is 463 g/mol. The molecule has 1 aliphatic rings. The Kier molecular flexibility index (Phi) is 6.54. The maximum absolute atomic E-state index is 13.2. The van der Waals surface area contributed by atoms with Gasteiger partial charge in [-0.25, -0.2) is 0 Å². The van der Waals surface area contributed by atoms with Crippen molar-refractivity contribution in [3.8, 4) is 16.1 Å². The molecule has 0 saturated carbocycles. The van der Waals surface area contributed by atoms with Gasteiger partial charge in [-0.2, -0.15) is 0 Å².